The van der Waals surface area contributed by atoms with Crippen LogP contribution < -0.4 is 0 Å². The fourth-order valence-corrected chi connectivity index (χ4v) is 4.52. The topological polar surface area (TPSA) is 57.6 Å². The molecule has 2 unspecified atom stereocenters. The van der Waals surface area contributed by atoms with Crippen LogP contribution in [0.15, 0.2) is 29.2 Å². The number of amides is 1. The van der Waals surface area contributed by atoms with Crippen molar-refractivity contribution >= 4 is 47.0 Å². The molecule has 21 heavy (non-hydrogen) atoms. The summed E-state index contributed by atoms with van der Waals surface area (Å²) >= 11 is 9.07. The van der Waals surface area contributed by atoms with E-state index in [1.165, 1.54) is 28.4 Å². The van der Waals surface area contributed by atoms with Crippen molar-refractivity contribution in [2.45, 2.75) is 29.7 Å². The minimum absolute atomic E-state index is 0.0797. The molecule has 0 bridgehead atoms. The molecule has 0 radical (unpaired) electrons. The van der Waals surface area contributed by atoms with Crippen molar-refractivity contribution in [3.8, 4) is 0 Å². The van der Waals surface area contributed by atoms with E-state index in [-0.39, 0.29) is 11.3 Å². The molecule has 1 aromatic rings. The predicted molar refractivity (Wildman–Crippen MR) is 87.0 cm³/mol. The van der Waals surface area contributed by atoms with Gasteiger partial charge in [0.05, 0.1) is 10.4 Å². The molecule has 2 rings (SSSR count). The first-order chi connectivity index (χ1) is 10.0. The van der Waals surface area contributed by atoms with E-state index < -0.39 is 12.0 Å². The first kappa shape index (κ1) is 16.5. The lowest BCUT2D eigenvalue weighted by Gasteiger charge is -2.25. The number of carbonyl (C=O) groups is 2. The number of rotatable bonds is 5. The maximum absolute atomic E-state index is 12.2. The van der Waals surface area contributed by atoms with Gasteiger partial charge in [0.25, 0.3) is 0 Å². The highest BCUT2D eigenvalue weighted by atomic mass is 35.5. The third-order valence-electron chi connectivity index (χ3n) is 3.21. The molecule has 114 valence electrons. The highest BCUT2D eigenvalue weighted by Crippen LogP contribution is 2.31. The van der Waals surface area contributed by atoms with Crippen LogP contribution in [0.4, 0.5) is 0 Å². The molecule has 2 atom stereocenters. The van der Waals surface area contributed by atoms with Gasteiger partial charge in [-0.25, -0.2) is 4.79 Å². The van der Waals surface area contributed by atoms with E-state index in [0.29, 0.717) is 22.9 Å². The smallest absolute Gasteiger partial charge is 0.327 e. The number of halogens is 1. The van der Waals surface area contributed by atoms with Crippen molar-refractivity contribution in [3.63, 3.8) is 0 Å². The summed E-state index contributed by atoms with van der Waals surface area (Å²) in [5, 5.41) is 9.75. The Kier molecular flexibility index (Phi) is 5.84. The standard InChI is InChI=1S/C14H16ClNO3S2/c1-9-16(11(8-21-9)14(18)19)13(17)6-7-20-12-5-3-2-4-10(12)15/h2-5,9,11H,6-8H2,1H3,(H,18,19). The second kappa shape index (κ2) is 7.42. The molecule has 1 heterocycles. The Bertz CT molecular complexity index is 541. The van der Waals surface area contributed by atoms with E-state index in [9.17, 15) is 9.59 Å². The van der Waals surface area contributed by atoms with Gasteiger partial charge in [0.1, 0.15) is 6.04 Å². The molecular weight excluding hydrogens is 330 g/mol. The molecule has 1 aromatic carbocycles. The molecule has 1 saturated heterocycles. The molecule has 1 N–H and O–H groups in total. The van der Waals surface area contributed by atoms with E-state index in [1.807, 2.05) is 31.2 Å². The van der Waals surface area contributed by atoms with Crippen molar-refractivity contribution in [2.24, 2.45) is 0 Å². The summed E-state index contributed by atoms with van der Waals surface area (Å²) in [5.41, 5.74) is 0. The van der Waals surface area contributed by atoms with Gasteiger partial charge in [-0.1, -0.05) is 23.7 Å². The zero-order valence-electron chi connectivity index (χ0n) is 11.5. The molecular formula is C14H16ClNO3S2. The van der Waals surface area contributed by atoms with Crippen LogP contribution in [0, 0.1) is 0 Å². The fraction of sp³-hybridized carbons (Fsp3) is 0.429. The number of carboxylic acid groups (broad SMARTS) is 1. The zero-order valence-corrected chi connectivity index (χ0v) is 13.9. The van der Waals surface area contributed by atoms with Crippen molar-refractivity contribution in [2.75, 3.05) is 11.5 Å². The number of benzene rings is 1. The molecule has 0 aliphatic carbocycles. The first-order valence-electron chi connectivity index (χ1n) is 6.53. The summed E-state index contributed by atoms with van der Waals surface area (Å²) in [6, 6.07) is 6.77. The van der Waals surface area contributed by atoms with Gasteiger partial charge in [-0.15, -0.1) is 23.5 Å². The highest BCUT2D eigenvalue weighted by molar-refractivity contribution is 8.00. The van der Waals surface area contributed by atoms with Crippen molar-refractivity contribution in [3.05, 3.63) is 29.3 Å². The van der Waals surface area contributed by atoms with Gasteiger partial charge in [-0.3, -0.25) is 4.79 Å². The minimum atomic E-state index is -0.932. The summed E-state index contributed by atoms with van der Waals surface area (Å²) in [5.74, 6) is 0.00120. The normalized spacial score (nSPS) is 21.5. The van der Waals surface area contributed by atoms with Gasteiger partial charge in [0.2, 0.25) is 5.91 Å². The van der Waals surface area contributed by atoms with Crippen molar-refractivity contribution < 1.29 is 14.7 Å². The Balaban J connectivity index is 1.89. The molecule has 0 spiro atoms. The summed E-state index contributed by atoms with van der Waals surface area (Å²) in [6.07, 6.45) is 0.310. The molecule has 1 fully saturated rings. The van der Waals surface area contributed by atoms with Crippen LogP contribution in [0.3, 0.4) is 0 Å². The number of nitrogens with zero attached hydrogens (tertiary/aromatic N) is 1. The molecule has 7 heteroatoms. The Morgan fingerprint density at radius 1 is 1.48 bits per heavy atom. The number of thioether (sulfide) groups is 2. The monoisotopic (exact) mass is 345 g/mol. The maximum Gasteiger partial charge on any atom is 0.327 e. The number of hydrogen-bond donors (Lipinski definition) is 1. The average Bonchev–Trinajstić information content (AvgIpc) is 2.83. The van der Waals surface area contributed by atoms with Gasteiger partial charge >= 0.3 is 5.97 Å². The fourth-order valence-electron chi connectivity index (χ4n) is 2.15. The molecule has 4 nitrogen and oxygen atoms in total. The first-order valence-corrected chi connectivity index (χ1v) is 8.95. The number of carbonyl (C=O) groups excluding carboxylic acids is 1. The Morgan fingerprint density at radius 3 is 2.86 bits per heavy atom. The Labute approximate surface area is 137 Å². The van der Waals surface area contributed by atoms with Crippen LogP contribution >= 0.6 is 35.1 Å². The van der Waals surface area contributed by atoms with E-state index in [0.717, 1.165) is 4.90 Å². The third-order valence-corrected chi connectivity index (χ3v) is 5.94. The van der Waals surface area contributed by atoms with E-state index in [4.69, 9.17) is 16.7 Å². The minimum Gasteiger partial charge on any atom is -0.480 e. The van der Waals surface area contributed by atoms with Crippen LogP contribution in [0.25, 0.3) is 0 Å². The number of hydrogen-bond acceptors (Lipinski definition) is 4. The quantitative estimate of drug-likeness (QED) is 0.830. The molecule has 1 amide bonds. The second-order valence-electron chi connectivity index (χ2n) is 4.62. The SMILES string of the molecule is CC1SCC(C(=O)O)N1C(=O)CCSc1ccccc1Cl. The van der Waals surface area contributed by atoms with Crippen LogP contribution in [0.1, 0.15) is 13.3 Å². The Hall–Kier alpha value is -0.850. The van der Waals surface area contributed by atoms with Gasteiger partial charge < -0.3 is 10.0 Å². The van der Waals surface area contributed by atoms with Crippen molar-refractivity contribution in [1.82, 2.24) is 4.90 Å². The lowest BCUT2D eigenvalue weighted by atomic mass is 10.2. The Morgan fingerprint density at radius 2 is 2.19 bits per heavy atom. The summed E-state index contributed by atoms with van der Waals surface area (Å²) in [7, 11) is 0. The molecule has 1 aliphatic rings. The predicted octanol–water partition coefficient (Wildman–Crippen LogP) is 3.20. The summed E-state index contributed by atoms with van der Waals surface area (Å²) in [4.78, 5) is 25.8. The third kappa shape index (κ3) is 4.08. The van der Waals surface area contributed by atoms with Gasteiger partial charge in [-0.05, 0) is 19.1 Å². The highest BCUT2D eigenvalue weighted by Gasteiger charge is 2.38. The summed E-state index contributed by atoms with van der Waals surface area (Å²) in [6.45, 7) is 1.87. The molecule has 1 aliphatic heterocycles. The molecule has 0 aromatic heterocycles. The van der Waals surface area contributed by atoms with E-state index >= 15 is 0 Å². The second-order valence-corrected chi connectivity index (χ2v) is 7.51. The van der Waals surface area contributed by atoms with Gasteiger partial charge in [0, 0.05) is 22.8 Å². The van der Waals surface area contributed by atoms with E-state index in [1.54, 1.807) is 0 Å². The van der Waals surface area contributed by atoms with Crippen LogP contribution in [0.2, 0.25) is 5.02 Å². The zero-order chi connectivity index (χ0) is 15.4. The lowest BCUT2D eigenvalue weighted by Crippen LogP contribution is -2.44. The van der Waals surface area contributed by atoms with Crippen LogP contribution in [-0.4, -0.2) is 44.8 Å². The van der Waals surface area contributed by atoms with Crippen LogP contribution in [-0.2, 0) is 9.59 Å². The average molecular weight is 346 g/mol. The largest absolute Gasteiger partial charge is 0.480 e. The van der Waals surface area contributed by atoms with Gasteiger partial charge in [-0.2, -0.15) is 0 Å². The maximum atomic E-state index is 12.2. The van der Waals surface area contributed by atoms with Crippen molar-refractivity contribution in [1.29, 1.82) is 0 Å². The number of aliphatic carboxylic acids is 1. The van der Waals surface area contributed by atoms with Gasteiger partial charge in [0.15, 0.2) is 0 Å². The lowest BCUT2D eigenvalue weighted by molar-refractivity contribution is -0.148. The number of carboxylic acids is 1. The van der Waals surface area contributed by atoms with E-state index in [2.05, 4.69) is 0 Å². The van der Waals surface area contributed by atoms with Crippen LogP contribution in [0.5, 0.6) is 0 Å². The molecule has 0 saturated carbocycles. The summed E-state index contributed by atoms with van der Waals surface area (Å²) < 4.78 is 0.